The molecule has 1 saturated heterocycles. The van der Waals surface area contributed by atoms with E-state index in [0.29, 0.717) is 5.69 Å². The molecule has 0 aliphatic carbocycles. The summed E-state index contributed by atoms with van der Waals surface area (Å²) < 4.78 is 0. The lowest BCUT2D eigenvalue weighted by atomic mass is 10.2. The summed E-state index contributed by atoms with van der Waals surface area (Å²) in [5.41, 5.74) is 2.21. The van der Waals surface area contributed by atoms with Gasteiger partial charge in [0, 0.05) is 5.69 Å². The van der Waals surface area contributed by atoms with Gasteiger partial charge in [-0.1, -0.05) is 29.8 Å². The Morgan fingerprint density at radius 1 is 1.08 bits per heavy atom. The van der Waals surface area contributed by atoms with Crippen LogP contribution in [0.5, 0.6) is 0 Å². The first-order chi connectivity index (χ1) is 11.5. The predicted molar refractivity (Wildman–Crippen MR) is 86.5 cm³/mol. The minimum absolute atomic E-state index is 0.00725. The summed E-state index contributed by atoms with van der Waals surface area (Å²) >= 11 is 0. The molecule has 1 heterocycles. The number of imide groups is 1. The van der Waals surface area contributed by atoms with Gasteiger partial charge in [0.05, 0.1) is 18.1 Å². The Morgan fingerprint density at radius 3 is 2.29 bits per heavy atom. The summed E-state index contributed by atoms with van der Waals surface area (Å²) in [4.78, 5) is 36.6. The molecule has 24 heavy (non-hydrogen) atoms. The molecule has 122 valence electrons. The van der Waals surface area contributed by atoms with Crippen molar-refractivity contribution in [2.75, 3.05) is 10.2 Å². The van der Waals surface area contributed by atoms with Crippen molar-refractivity contribution in [3.8, 4) is 0 Å². The third-order valence-electron chi connectivity index (χ3n) is 3.90. The number of benzene rings is 2. The number of hydrogen-bond donors (Lipinski definition) is 1. The second-order valence-electron chi connectivity index (χ2n) is 5.67. The number of rotatable bonds is 4. The largest absolute Gasteiger partial charge is 0.545 e. The van der Waals surface area contributed by atoms with E-state index in [2.05, 4.69) is 5.32 Å². The number of anilines is 2. The maximum absolute atomic E-state index is 12.5. The van der Waals surface area contributed by atoms with Crippen LogP contribution in [0, 0.1) is 6.92 Å². The predicted octanol–water partition coefficient (Wildman–Crippen LogP) is 1.10. The number of aryl methyl sites for hydroxylation is 1. The number of carboxylic acid groups (broad SMARTS) is 1. The highest BCUT2D eigenvalue weighted by Gasteiger charge is 2.39. The Hall–Kier alpha value is -3.15. The molecule has 1 aliphatic heterocycles. The highest BCUT2D eigenvalue weighted by molar-refractivity contribution is 6.23. The number of carbonyl (C=O) groups is 3. The third kappa shape index (κ3) is 2.99. The van der Waals surface area contributed by atoms with Crippen LogP contribution in [-0.2, 0) is 9.59 Å². The van der Waals surface area contributed by atoms with Crippen molar-refractivity contribution in [3.05, 3.63) is 59.7 Å². The van der Waals surface area contributed by atoms with Crippen molar-refractivity contribution in [3.63, 3.8) is 0 Å². The van der Waals surface area contributed by atoms with Crippen LogP contribution in [0.4, 0.5) is 11.4 Å². The standard InChI is InChI=1S/C18H16N2O4/c1-11-2-6-13(7-3-11)19-15-10-16(21)20(17(15)22)14-8-4-12(5-9-14)18(23)24/h2-9,15,19H,10H2,1H3,(H,23,24)/p-1/t15-/m0/s1. The molecular weight excluding hydrogens is 308 g/mol. The van der Waals surface area contributed by atoms with E-state index in [9.17, 15) is 19.5 Å². The van der Waals surface area contributed by atoms with E-state index in [0.717, 1.165) is 16.2 Å². The van der Waals surface area contributed by atoms with Crippen LogP contribution in [0.2, 0.25) is 0 Å². The molecule has 2 aromatic rings. The lowest BCUT2D eigenvalue weighted by Gasteiger charge is -2.16. The van der Waals surface area contributed by atoms with E-state index in [1.54, 1.807) is 0 Å². The molecule has 0 aromatic heterocycles. The van der Waals surface area contributed by atoms with Crippen molar-refractivity contribution in [1.29, 1.82) is 0 Å². The molecule has 0 spiro atoms. The zero-order valence-electron chi connectivity index (χ0n) is 13.0. The molecule has 3 rings (SSSR count). The van der Waals surface area contributed by atoms with E-state index < -0.39 is 12.0 Å². The Kier molecular flexibility index (Phi) is 4.04. The Balaban J connectivity index is 1.78. The van der Waals surface area contributed by atoms with Gasteiger partial charge in [-0.2, -0.15) is 0 Å². The summed E-state index contributed by atoms with van der Waals surface area (Å²) in [7, 11) is 0. The molecule has 0 radical (unpaired) electrons. The van der Waals surface area contributed by atoms with Crippen molar-refractivity contribution < 1.29 is 19.5 Å². The van der Waals surface area contributed by atoms with Crippen LogP contribution >= 0.6 is 0 Å². The second kappa shape index (κ2) is 6.16. The average molecular weight is 323 g/mol. The van der Waals surface area contributed by atoms with Crippen LogP contribution in [0.25, 0.3) is 0 Å². The molecule has 2 amide bonds. The molecule has 0 saturated carbocycles. The van der Waals surface area contributed by atoms with E-state index in [1.165, 1.54) is 24.3 Å². The maximum Gasteiger partial charge on any atom is 0.256 e. The van der Waals surface area contributed by atoms with Crippen molar-refractivity contribution in [2.45, 2.75) is 19.4 Å². The zero-order valence-corrected chi connectivity index (χ0v) is 13.0. The SMILES string of the molecule is Cc1ccc(N[C@H]2CC(=O)N(c3ccc(C(=O)[O-])cc3)C2=O)cc1. The van der Waals surface area contributed by atoms with E-state index in [4.69, 9.17) is 0 Å². The lowest BCUT2D eigenvalue weighted by molar-refractivity contribution is -0.255. The smallest absolute Gasteiger partial charge is 0.256 e. The number of carboxylic acids is 1. The first-order valence-corrected chi connectivity index (χ1v) is 7.47. The summed E-state index contributed by atoms with van der Waals surface area (Å²) in [6.45, 7) is 1.96. The number of nitrogens with zero attached hydrogens (tertiary/aromatic N) is 1. The first kappa shape index (κ1) is 15.7. The normalized spacial score (nSPS) is 17.2. The molecule has 1 N–H and O–H groups in total. The number of amides is 2. The Bertz CT molecular complexity index is 797. The maximum atomic E-state index is 12.5. The molecule has 6 heteroatoms. The molecule has 1 aliphatic rings. The van der Waals surface area contributed by atoms with Crippen molar-refractivity contribution in [2.24, 2.45) is 0 Å². The van der Waals surface area contributed by atoms with Gasteiger partial charge in [-0.05, 0) is 36.8 Å². The molecule has 6 nitrogen and oxygen atoms in total. The van der Waals surface area contributed by atoms with E-state index in [-0.39, 0.29) is 23.8 Å². The van der Waals surface area contributed by atoms with Gasteiger partial charge in [-0.3, -0.25) is 9.59 Å². The van der Waals surface area contributed by atoms with Gasteiger partial charge in [0.2, 0.25) is 5.91 Å². The quantitative estimate of drug-likeness (QED) is 0.851. The molecule has 2 aromatic carbocycles. The van der Waals surface area contributed by atoms with Gasteiger partial charge in [-0.25, -0.2) is 4.90 Å². The van der Waals surface area contributed by atoms with Crippen LogP contribution < -0.4 is 15.3 Å². The van der Waals surface area contributed by atoms with E-state index in [1.807, 2.05) is 31.2 Å². The van der Waals surface area contributed by atoms with Gasteiger partial charge in [0.25, 0.3) is 5.91 Å². The minimum atomic E-state index is -1.31. The minimum Gasteiger partial charge on any atom is -0.545 e. The van der Waals surface area contributed by atoms with Gasteiger partial charge in [0.15, 0.2) is 0 Å². The van der Waals surface area contributed by atoms with Crippen LogP contribution in [-0.4, -0.2) is 23.8 Å². The third-order valence-corrected chi connectivity index (χ3v) is 3.90. The molecular formula is C18H15N2O4-. The highest BCUT2D eigenvalue weighted by Crippen LogP contribution is 2.25. The first-order valence-electron chi connectivity index (χ1n) is 7.47. The number of hydrogen-bond acceptors (Lipinski definition) is 5. The number of carbonyl (C=O) groups excluding carboxylic acids is 3. The van der Waals surface area contributed by atoms with E-state index >= 15 is 0 Å². The van der Waals surface area contributed by atoms with Gasteiger partial charge in [-0.15, -0.1) is 0 Å². The van der Waals surface area contributed by atoms with Crippen LogP contribution in [0.15, 0.2) is 48.5 Å². The topological polar surface area (TPSA) is 89.5 Å². The Labute approximate surface area is 138 Å². The fraction of sp³-hybridized carbons (Fsp3) is 0.167. The van der Waals surface area contributed by atoms with Gasteiger partial charge in [0.1, 0.15) is 6.04 Å². The van der Waals surface area contributed by atoms with Crippen molar-refractivity contribution in [1.82, 2.24) is 0 Å². The monoisotopic (exact) mass is 323 g/mol. The van der Waals surface area contributed by atoms with Gasteiger partial charge < -0.3 is 15.2 Å². The second-order valence-corrected chi connectivity index (χ2v) is 5.67. The molecule has 1 atom stereocenters. The van der Waals surface area contributed by atoms with Crippen LogP contribution in [0.1, 0.15) is 22.3 Å². The number of aromatic carboxylic acids is 1. The number of nitrogens with one attached hydrogen (secondary N) is 1. The fourth-order valence-corrected chi connectivity index (χ4v) is 2.61. The summed E-state index contributed by atoms with van der Waals surface area (Å²) in [6, 6.07) is 12.4. The molecule has 1 fully saturated rings. The lowest BCUT2D eigenvalue weighted by Crippen LogP contribution is -2.34. The average Bonchev–Trinajstić information content (AvgIpc) is 2.83. The summed E-state index contributed by atoms with van der Waals surface area (Å²) in [5.74, 6) is -1.99. The molecule has 0 unspecified atom stereocenters. The fourth-order valence-electron chi connectivity index (χ4n) is 2.61. The summed E-state index contributed by atoms with van der Waals surface area (Å²) in [5, 5.41) is 13.8. The van der Waals surface area contributed by atoms with Crippen molar-refractivity contribution >= 4 is 29.2 Å². The van der Waals surface area contributed by atoms with Gasteiger partial charge >= 0.3 is 0 Å². The highest BCUT2D eigenvalue weighted by atomic mass is 16.4. The van der Waals surface area contributed by atoms with Crippen LogP contribution in [0.3, 0.4) is 0 Å². The molecule has 0 bridgehead atoms. The zero-order chi connectivity index (χ0) is 17.3. The summed E-state index contributed by atoms with van der Waals surface area (Å²) in [6.07, 6.45) is 0.0505. The Morgan fingerprint density at radius 2 is 1.71 bits per heavy atom.